The van der Waals surface area contributed by atoms with Crippen molar-refractivity contribution in [1.82, 2.24) is 9.38 Å². The largest absolute Gasteiger partial charge is 0.389 e. The number of anilines is 1. The van der Waals surface area contributed by atoms with Crippen LogP contribution in [0.1, 0.15) is 25.8 Å². The van der Waals surface area contributed by atoms with E-state index in [0.717, 1.165) is 6.42 Å². The molecule has 0 aliphatic carbocycles. The first-order chi connectivity index (χ1) is 12.4. The second kappa shape index (κ2) is 7.35. The molecule has 8 heteroatoms. The molecule has 26 heavy (non-hydrogen) atoms. The van der Waals surface area contributed by atoms with Gasteiger partial charge in [0, 0.05) is 19.2 Å². The van der Waals surface area contributed by atoms with Gasteiger partial charge in [-0.05, 0) is 32.0 Å². The monoisotopic (exact) mass is 372 g/mol. The van der Waals surface area contributed by atoms with Crippen molar-refractivity contribution in [3.8, 4) is 0 Å². The van der Waals surface area contributed by atoms with Crippen LogP contribution in [0, 0.1) is 0 Å². The van der Waals surface area contributed by atoms with Gasteiger partial charge in [0.1, 0.15) is 10.4 Å². The van der Waals surface area contributed by atoms with Crippen molar-refractivity contribution in [1.29, 1.82) is 0 Å². The highest BCUT2D eigenvalue weighted by Crippen LogP contribution is 2.14. The van der Waals surface area contributed by atoms with Gasteiger partial charge in [0.25, 0.3) is 11.2 Å². The third-order valence-electron chi connectivity index (χ3n) is 4.10. The van der Waals surface area contributed by atoms with Crippen LogP contribution >= 0.6 is 12.2 Å². The van der Waals surface area contributed by atoms with Gasteiger partial charge in [-0.25, -0.2) is 4.57 Å². The number of fused-ring (bicyclic) bond motifs is 2. The van der Waals surface area contributed by atoms with E-state index in [4.69, 9.17) is 28.4 Å². The maximum Gasteiger partial charge on any atom is 0.278 e. The van der Waals surface area contributed by atoms with Gasteiger partial charge in [-0.1, -0.05) is 23.3 Å². The van der Waals surface area contributed by atoms with Gasteiger partial charge in [-0.15, -0.1) is 0 Å². The molecule has 0 saturated heterocycles. The van der Waals surface area contributed by atoms with E-state index >= 15 is 0 Å². The van der Waals surface area contributed by atoms with Crippen molar-refractivity contribution >= 4 is 39.7 Å². The maximum atomic E-state index is 12.9. The van der Waals surface area contributed by atoms with Crippen molar-refractivity contribution < 1.29 is 9.30 Å². The fraction of sp³-hybridized carbons (Fsp3) is 0.333. The van der Waals surface area contributed by atoms with Crippen LogP contribution in [0.3, 0.4) is 0 Å². The summed E-state index contributed by atoms with van der Waals surface area (Å²) in [6, 6.07) is 7.03. The molecule has 3 aromatic heterocycles. The summed E-state index contributed by atoms with van der Waals surface area (Å²) < 4.78 is 8.88. The van der Waals surface area contributed by atoms with Crippen molar-refractivity contribution in [2.24, 2.45) is 5.73 Å². The number of pyridine rings is 2. The number of aromatic nitrogens is 3. The lowest BCUT2D eigenvalue weighted by atomic mass is 10.2. The molecule has 0 aromatic carbocycles. The maximum absolute atomic E-state index is 12.9. The number of nitrogens with zero attached hydrogens (tertiary/aromatic N) is 3. The fourth-order valence-corrected chi connectivity index (χ4v) is 3.03. The Morgan fingerprint density at radius 1 is 1.42 bits per heavy atom. The quantitative estimate of drug-likeness (QED) is 0.292. The topological polar surface area (TPSA) is 99.5 Å². The predicted octanol–water partition coefficient (Wildman–Crippen LogP) is 1.17. The third-order valence-corrected chi connectivity index (χ3v) is 4.32. The zero-order valence-corrected chi connectivity index (χ0v) is 15.6. The Morgan fingerprint density at radius 3 is 2.88 bits per heavy atom. The van der Waals surface area contributed by atoms with Crippen LogP contribution in [0.25, 0.3) is 16.7 Å². The fourth-order valence-electron chi connectivity index (χ4n) is 2.87. The molecule has 0 aliphatic rings. The minimum atomic E-state index is -0.185. The van der Waals surface area contributed by atoms with E-state index in [1.807, 2.05) is 19.9 Å². The van der Waals surface area contributed by atoms with Gasteiger partial charge in [0.15, 0.2) is 0 Å². The van der Waals surface area contributed by atoms with E-state index in [9.17, 15) is 4.79 Å². The van der Waals surface area contributed by atoms with E-state index in [1.54, 1.807) is 29.0 Å². The van der Waals surface area contributed by atoms with Crippen LogP contribution in [0.2, 0.25) is 0 Å². The van der Waals surface area contributed by atoms with Crippen molar-refractivity contribution in [2.75, 3.05) is 12.3 Å². The zero-order valence-electron chi connectivity index (χ0n) is 14.8. The first-order valence-corrected chi connectivity index (χ1v) is 8.86. The van der Waals surface area contributed by atoms with E-state index in [0.29, 0.717) is 41.2 Å². The molecule has 3 heterocycles. The van der Waals surface area contributed by atoms with Crippen LogP contribution in [-0.4, -0.2) is 27.1 Å². The highest BCUT2D eigenvalue weighted by molar-refractivity contribution is 7.80. The van der Waals surface area contributed by atoms with Gasteiger partial charge >= 0.3 is 0 Å². The Labute approximate surface area is 156 Å². The molecule has 7 nitrogen and oxygen atoms in total. The molecule has 136 valence electrons. The Kier molecular flexibility index (Phi) is 5.15. The standard InChI is InChI=1S/C18H21N5O2S/c1-11(2)25-9-5-8-23-15(19)12(16(20)26)10-13-17(23)21-14-6-3-4-7-22(14)18(13)24/h3-4,6-7,10-11,19H,5,8-9H2,1-2H3,(H2,20,26)/p+1. The molecule has 0 bridgehead atoms. The molecule has 3 rings (SSSR count). The number of hydrogen-bond acceptors (Lipinski definition) is 5. The Bertz CT molecular complexity index is 1050. The number of nitrogen functional groups attached to an aromatic ring is 1. The molecule has 0 unspecified atom stereocenters. The van der Waals surface area contributed by atoms with Crippen LogP contribution in [0.15, 0.2) is 35.3 Å². The molecule has 0 spiro atoms. The predicted molar refractivity (Wildman–Crippen MR) is 105 cm³/mol. The lowest BCUT2D eigenvalue weighted by molar-refractivity contribution is -0.659. The number of ether oxygens (including phenoxy) is 1. The summed E-state index contributed by atoms with van der Waals surface area (Å²) in [6.45, 7) is 5.09. The molecule has 0 amide bonds. The molecule has 0 saturated carbocycles. The average molecular weight is 372 g/mol. The summed E-state index contributed by atoms with van der Waals surface area (Å²) >= 11 is 5.11. The third kappa shape index (κ3) is 3.38. The number of aryl methyl sites for hydroxylation is 1. The summed E-state index contributed by atoms with van der Waals surface area (Å²) in [5.41, 5.74) is 13.5. The van der Waals surface area contributed by atoms with Crippen LogP contribution in [-0.2, 0) is 11.3 Å². The molecule has 0 atom stereocenters. The van der Waals surface area contributed by atoms with Crippen LogP contribution in [0.5, 0.6) is 0 Å². The van der Waals surface area contributed by atoms with Gasteiger partial charge in [0.2, 0.25) is 11.5 Å². The van der Waals surface area contributed by atoms with E-state index < -0.39 is 0 Å². The number of thiocarbonyl (C=S) groups is 1. The Balaban J connectivity index is 2.20. The second-order valence-electron chi connectivity index (χ2n) is 6.32. The summed E-state index contributed by atoms with van der Waals surface area (Å²) in [6.07, 6.45) is 2.56. The number of nitrogens with two attached hydrogens (primary N) is 2. The van der Waals surface area contributed by atoms with Crippen molar-refractivity contribution in [2.45, 2.75) is 32.9 Å². The molecule has 0 aliphatic heterocycles. The lowest BCUT2D eigenvalue weighted by Crippen LogP contribution is -2.42. The van der Waals surface area contributed by atoms with Crippen LogP contribution in [0.4, 0.5) is 5.82 Å². The van der Waals surface area contributed by atoms with Crippen molar-refractivity contribution in [3.63, 3.8) is 0 Å². The van der Waals surface area contributed by atoms with E-state index in [1.165, 1.54) is 4.40 Å². The smallest absolute Gasteiger partial charge is 0.278 e. The number of hydrogen-bond donors (Lipinski definition) is 2. The summed E-state index contributed by atoms with van der Waals surface area (Å²) in [5.74, 6) is 0.404. The van der Waals surface area contributed by atoms with Crippen LogP contribution < -0.4 is 21.6 Å². The minimum absolute atomic E-state index is 0.147. The molecular formula is C18H22N5O2S+. The number of rotatable bonds is 6. The van der Waals surface area contributed by atoms with Crippen molar-refractivity contribution in [3.05, 3.63) is 46.4 Å². The molecule has 0 fully saturated rings. The Morgan fingerprint density at radius 2 is 2.19 bits per heavy atom. The zero-order chi connectivity index (χ0) is 18.8. The highest BCUT2D eigenvalue weighted by atomic mass is 32.1. The minimum Gasteiger partial charge on any atom is -0.389 e. The normalized spacial score (nSPS) is 11.5. The van der Waals surface area contributed by atoms with Gasteiger partial charge in [0.05, 0.1) is 18.2 Å². The SMILES string of the molecule is CC(C)OCCC[n+]1c(N)c(C(N)=S)cc2c(=O)n3ccccc3nc21. The first kappa shape index (κ1) is 18.2. The summed E-state index contributed by atoms with van der Waals surface area (Å²) in [7, 11) is 0. The second-order valence-corrected chi connectivity index (χ2v) is 6.76. The first-order valence-electron chi connectivity index (χ1n) is 8.45. The molecule has 4 N–H and O–H groups in total. The van der Waals surface area contributed by atoms with Gasteiger partial charge in [-0.3, -0.25) is 9.20 Å². The Hall–Kier alpha value is -2.58. The van der Waals surface area contributed by atoms with Gasteiger partial charge < -0.3 is 16.2 Å². The average Bonchev–Trinajstić information content (AvgIpc) is 2.60. The molecule has 0 radical (unpaired) electrons. The lowest BCUT2D eigenvalue weighted by Gasteiger charge is -2.12. The summed E-state index contributed by atoms with van der Waals surface area (Å²) in [4.78, 5) is 17.7. The summed E-state index contributed by atoms with van der Waals surface area (Å²) in [5, 5.41) is 0.426. The molecular weight excluding hydrogens is 350 g/mol. The van der Waals surface area contributed by atoms with E-state index in [2.05, 4.69) is 4.98 Å². The molecule has 3 aromatic rings. The van der Waals surface area contributed by atoms with E-state index in [-0.39, 0.29) is 16.7 Å². The van der Waals surface area contributed by atoms with Gasteiger partial charge in [-0.2, -0.15) is 0 Å². The highest BCUT2D eigenvalue weighted by Gasteiger charge is 2.21.